The Morgan fingerprint density at radius 1 is 0.321 bits per heavy atom. The molecule has 0 N–H and O–H groups in total. The molecule has 0 aromatic heterocycles. The molecule has 134 valence electrons. The van der Waals surface area contributed by atoms with Crippen LogP contribution in [0, 0.1) is 0 Å². The number of benzene rings is 4. The van der Waals surface area contributed by atoms with Crippen molar-refractivity contribution in [2.24, 2.45) is 0 Å². The summed E-state index contributed by atoms with van der Waals surface area (Å²) in [6, 6.07) is 38.2. The largest absolute Gasteiger partial charge is 0.0622 e. The van der Waals surface area contributed by atoms with Gasteiger partial charge in [0.25, 0.3) is 0 Å². The molecule has 4 rings (SSSR count). The molecule has 28 heavy (non-hydrogen) atoms. The zero-order valence-corrected chi connectivity index (χ0v) is 15.7. The van der Waals surface area contributed by atoms with Gasteiger partial charge in [0.2, 0.25) is 0 Å². The maximum Gasteiger partial charge on any atom is -0.0184 e. The van der Waals surface area contributed by atoms with Crippen LogP contribution in [0.5, 0.6) is 0 Å². The summed E-state index contributed by atoms with van der Waals surface area (Å²) in [4.78, 5) is 0. The average Bonchev–Trinajstić information content (AvgIpc) is 2.79. The van der Waals surface area contributed by atoms with E-state index < -0.39 is 0 Å². The van der Waals surface area contributed by atoms with E-state index in [0.29, 0.717) is 0 Å². The second-order valence-electron chi connectivity index (χ2n) is 6.69. The van der Waals surface area contributed by atoms with Crippen molar-refractivity contribution >= 4 is 12.2 Å². The standard InChI is InChI=1S/C28H22/c1-3-11-25(12-4-1)27-19-15-23(16-20-27)9-7-8-10-24-17-21-28(22-18-24)26-13-5-2-6-14-26/h1-22H/b9-7-,10-8-. The lowest BCUT2D eigenvalue weighted by molar-refractivity contribution is 1.60. The molecule has 0 bridgehead atoms. The van der Waals surface area contributed by atoms with E-state index in [1.807, 2.05) is 12.1 Å². The zero-order valence-electron chi connectivity index (χ0n) is 15.7. The molecule has 0 radical (unpaired) electrons. The van der Waals surface area contributed by atoms with Crippen LogP contribution >= 0.6 is 0 Å². The third-order valence-corrected chi connectivity index (χ3v) is 4.72. The minimum Gasteiger partial charge on any atom is -0.0622 e. The number of allylic oxidation sites excluding steroid dienone is 2. The van der Waals surface area contributed by atoms with Crippen molar-refractivity contribution in [1.82, 2.24) is 0 Å². The molecule has 0 aliphatic heterocycles. The second kappa shape index (κ2) is 8.83. The van der Waals surface area contributed by atoms with Gasteiger partial charge in [0.15, 0.2) is 0 Å². The summed E-state index contributed by atoms with van der Waals surface area (Å²) < 4.78 is 0. The van der Waals surface area contributed by atoms with Gasteiger partial charge in [-0.15, -0.1) is 0 Å². The monoisotopic (exact) mass is 358 g/mol. The summed E-state index contributed by atoms with van der Waals surface area (Å²) in [5.41, 5.74) is 7.37. The van der Waals surface area contributed by atoms with Crippen molar-refractivity contribution in [3.05, 3.63) is 132 Å². The van der Waals surface area contributed by atoms with E-state index in [-0.39, 0.29) is 0 Å². The Hall–Kier alpha value is -3.64. The second-order valence-corrected chi connectivity index (χ2v) is 6.69. The molecule has 0 atom stereocenters. The van der Waals surface area contributed by atoms with Crippen molar-refractivity contribution in [2.45, 2.75) is 0 Å². The Morgan fingerprint density at radius 3 is 1.00 bits per heavy atom. The first-order valence-electron chi connectivity index (χ1n) is 9.54. The molecule has 0 saturated heterocycles. The van der Waals surface area contributed by atoms with Crippen molar-refractivity contribution in [1.29, 1.82) is 0 Å². The fourth-order valence-electron chi connectivity index (χ4n) is 3.17. The summed E-state index contributed by atoms with van der Waals surface area (Å²) in [6.07, 6.45) is 8.43. The quantitative estimate of drug-likeness (QED) is 0.320. The van der Waals surface area contributed by atoms with Crippen LogP contribution in [-0.4, -0.2) is 0 Å². The fourth-order valence-corrected chi connectivity index (χ4v) is 3.17. The Balaban J connectivity index is 1.38. The lowest BCUT2D eigenvalue weighted by Gasteiger charge is -2.02. The molecule has 0 fully saturated rings. The third kappa shape index (κ3) is 4.55. The van der Waals surface area contributed by atoms with Gasteiger partial charge in [-0.2, -0.15) is 0 Å². The number of hydrogen-bond acceptors (Lipinski definition) is 0. The summed E-state index contributed by atoms with van der Waals surface area (Å²) >= 11 is 0. The normalized spacial score (nSPS) is 11.3. The highest BCUT2D eigenvalue weighted by molar-refractivity contribution is 5.67. The van der Waals surface area contributed by atoms with E-state index in [1.54, 1.807) is 0 Å². The van der Waals surface area contributed by atoms with E-state index in [0.717, 1.165) is 0 Å². The van der Waals surface area contributed by atoms with Crippen molar-refractivity contribution in [2.75, 3.05) is 0 Å². The maximum absolute atomic E-state index is 2.17. The van der Waals surface area contributed by atoms with Crippen LogP contribution < -0.4 is 0 Å². The highest BCUT2D eigenvalue weighted by Gasteiger charge is 1.96. The highest BCUT2D eigenvalue weighted by Crippen LogP contribution is 2.21. The van der Waals surface area contributed by atoms with Gasteiger partial charge < -0.3 is 0 Å². The summed E-state index contributed by atoms with van der Waals surface area (Å²) in [5, 5.41) is 0. The molecule has 0 aliphatic rings. The van der Waals surface area contributed by atoms with E-state index in [9.17, 15) is 0 Å². The molecular weight excluding hydrogens is 336 g/mol. The predicted octanol–water partition coefficient (Wildman–Crippen LogP) is 7.75. The Morgan fingerprint density at radius 2 is 0.643 bits per heavy atom. The average molecular weight is 358 g/mol. The van der Waals surface area contributed by atoms with Crippen LogP contribution in [0.2, 0.25) is 0 Å². The van der Waals surface area contributed by atoms with Gasteiger partial charge in [-0.05, 0) is 33.4 Å². The molecule has 0 unspecified atom stereocenters. The van der Waals surface area contributed by atoms with E-state index >= 15 is 0 Å². The highest BCUT2D eigenvalue weighted by atomic mass is 14.0. The lowest BCUT2D eigenvalue weighted by atomic mass is 10.0. The van der Waals surface area contributed by atoms with E-state index in [4.69, 9.17) is 0 Å². The van der Waals surface area contributed by atoms with Crippen LogP contribution in [0.4, 0.5) is 0 Å². The van der Waals surface area contributed by atoms with Gasteiger partial charge in [0.1, 0.15) is 0 Å². The lowest BCUT2D eigenvalue weighted by Crippen LogP contribution is -1.78. The first-order valence-corrected chi connectivity index (χ1v) is 9.54. The van der Waals surface area contributed by atoms with Crippen LogP contribution in [0.3, 0.4) is 0 Å². The van der Waals surface area contributed by atoms with Gasteiger partial charge in [-0.25, -0.2) is 0 Å². The minimum absolute atomic E-state index is 1.20. The zero-order chi connectivity index (χ0) is 19.0. The molecule has 0 heterocycles. The van der Waals surface area contributed by atoms with Gasteiger partial charge in [-0.1, -0.05) is 133 Å². The Bertz CT molecular complexity index is 961. The van der Waals surface area contributed by atoms with Crippen LogP contribution in [0.25, 0.3) is 34.4 Å². The fraction of sp³-hybridized carbons (Fsp3) is 0. The summed E-state index contributed by atoms with van der Waals surface area (Å²) in [7, 11) is 0. The van der Waals surface area contributed by atoms with Gasteiger partial charge in [0.05, 0.1) is 0 Å². The topological polar surface area (TPSA) is 0 Å². The molecule has 0 nitrogen and oxygen atoms in total. The number of hydrogen-bond donors (Lipinski definition) is 0. The van der Waals surface area contributed by atoms with Gasteiger partial charge in [-0.3, -0.25) is 0 Å². The molecule has 4 aromatic carbocycles. The van der Waals surface area contributed by atoms with Gasteiger partial charge in [0, 0.05) is 0 Å². The molecule has 0 saturated carbocycles. The maximum atomic E-state index is 2.17. The van der Waals surface area contributed by atoms with Crippen LogP contribution in [0.15, 0.2) is 121 Å². The Kier molecular flexibility index (Phi) is 5.60. The third-order valence-electron chi connectivity index (χ3n) is 4.72. The van der Waals surface area contributed by atoms with Gasteiger partial charge >= 0.3 is 0 Å². The number of rotatable bonds is 5. The first-order chi connectivity index (χ1) is 13.9. The molecule has 0 heteroatoms. The van der Waals surface area contributed by atoms with Crippen LogP contribution in [-0.2, 0) is 0 Å². The SMILES string of the molecule is C(/C=C\c1ccc(-c2ccccc2)cc1)=C/c1ccc(-c2ccccc2)cc1. The van der Waals surface area contributed by atoms with Crippen molar-refractivity contribution < 1.29 is 0 Å². The van der Waals surface area contributed by atoms with Crippen LogP contribution in [0.1, 0.15) is 11.1 Å². The van der Waals surface area contributed by atoms with E-state index in [2.05, 4.69) is 121 Å². The van der Waals surface area contributed by atoms with Crippen molar-refractivity contribution in [3.63, 3.8) is 0 Å². The molecule has 0 spiro atoms. The smallest absolute Gasteiger partial charge is 0.0184 e. The molecule has 0 aliphatic carbocycles. The summed E-state index contributed by atoms with van der Waals surface area (Å²) in [6.45, 7) is 0. The minimum atomic E-state index is 1.20. The molecule has 4 aromatic rings. The van der Waals surface area contributed by atoms with E-state index in [1.165, 1.54) is 33.4 Å². The Labute approximate surface area is 167 Å². The van der Waals surface area contributed by atoms with Crippen molar-refractivity contribution in [3.8, 4) is 22.3 Å². The summed E-state index contributed by atoms with van der Waals surface area (Å²) in [5.74, 6) is 0. The first kappa shape index (κ1) is 17.8. The predicted molar refractivity (Wildman–Crippen MR) is 122 cm³/mol. The molecular formula is C28H22. The molecule has 0 amide bonds.